The van der Waals surface area contributed by atoms with E-state index in [1.807, 2.05) is 59.5 Å². The Morgan fingerprint density at radius 3 is 2.24 bits per heavy atom. The summed E-state index contributed by atoms with van der Waals surface area (Å²) in [6, 6.07) is 18.0. The zero-order valence-corrected chi connectivity index (χ0v) is 19.3. The van der Waals surface area contributed by atoms with E-state index in [1.165, 1.54) is 17.7 Å². The van der Waals surface area contributed by atoms with Crippen molar-refractivity contribution in [2.45, 2.75) is 63.3 Å². The van der Waals surface area contributed by atoms with Gasteiger partial charge in [0.2, 0.25) is 17.7 Å². The van der Waals surface area contributed by atoms with E-state index in [0.717, 1.165) is 42.5 Å². The van der Waals surface area contributed by atoms with Gasteiger partial charge in [-0.25, -0.2) is 0 Å². The molecular weight excluding hydrogens is 412 g/mol. The summed E-state index contributed by atoms with van der Waals surface area (Å²) in [7, 11) is 0. The van der Waals surface area contributed by atoms with Crippen LogP contribution in [0, 0.1) is 5.92 Å². The van der Waals surface area contributed by atoms with E-state index in [0.29, 0.717) is 12.5 Å². The van der Waals surface area contributed by atoms with E-state index in [-0.39, 0.29) is 36.6 Å². The minimum atomic E-state index is -1.10. The first kappa shape index (κ1) is 21.9. The van der Waals surface area contributed by atoms with Crippen LogP contribution in [0.1, 0.15) is 57.4 Å². The van der Waals surface area contributed by atoms with Crippen molar-refractivity contribution in [2.75, 3.05) is 13.1 Å². The zero-order valence-electron chi connectivity index (χ0n) is 19.3. The van der Waals surface area contributed by atoms with Crippen LogP contribution >= 0.6 is 0 Å². The number of carbonyl (C=O) groups excluding carboxylic acids is 3. The molecule has 0 aromatic heterocycles. The fourth-order valence-electron chi connectivity index (χ4n) is 5.11. The second-order valence-electron chi connectivity index (χ2n) is 9.96. The van der Waals surface area contributed by atoms with Crippen molar-refractivity contribution in [3.05, 3.63) is 60.2 Å². The summed E-state index contributed by atoms with van der Waals surface area (Å²) in [6.45, 7) is 3.54. The lowest BCUT2D eigenvalue weighted by molar-refractivity contribution is -0.143. The molecule has 1 atom stereocenters. The largest absolute Gasteiger partial charge is 0.342 e. The Bertz CT molecular complexity index is 1040. The van der Waals surface area contributed by atoms with Crippen LogP contribution in [-0.4, -0.2) is 46.7 Å². The summed E-state index contributed by atoms with van der Waals surface area (Å²) in [5, 5.41) is 0. The Hall–Kier alpha value is -2.95. The van der Waals surface area contributed by atoms with Crippen molar-refractivity contribution in [1.82, 2.24) is 9.80 Å². The van der Waals surface area contributed by atoms with Gasteiger partial charge in [-0.05, 0) is 54.7 Å². The first-order valence-electron chi connectivity index (χ1n) is 12.3. The maximum absolute atomic E-state index is 13.8. The van der Waals surface area contributed by atoms with Gasteiger partial charge in [-0.3, -0.25) is 19.3 Å². The van der Waals surface area contributed by atoms with Gasteiger partial charge in [0, 0.05) is 32.0 Å². The third kappa shape index (κ3) is 4.33. The molecule has 0 spiro atoms. The van der Waals surface area contributed by atoms with E-state index < -0.39 is 5.41 Å². The van der Waals surface area contributed by atoms with Crippen LogP contribution in [-0.2, 0) is 19.8 Å². The molecule has 2 aliphatic carbocycles. The molecule has 3 amide bonds. The highest BCUT2D eigenvalue weighted by Gasteiger charge is 2.57. The van der Waals surface area contributed by atoms with Crippen molar-refractivity contribution in [1.29, 1.82) is 0 Å². The van der Waals surface area contributed by atoms with Gasteiger partial charge in [-0.2, -0.15) is 0 Å². The number of likely N-dealkylation sites (tertiary alicyclic amines) is 1. The van der Waals surface area contributed by atoms with Gasteiger partial charge in [0.05, 0.1) is 5.41 Å². The lowest BCUT2D eigenvalue weighted by atomic mass is 9.75. The number of hydrogen-bond acceptors (Lipinski definition) is 3. The number of benzene rings is 2. The maximum atomic E-state index is 13.8. The molecule has 1 aliphatic heterocycles. The van der Waals surface area contributed by atoms with Crippen LogP contribution in [0.4, 0.5) is 0 Å². The standard InChI is InChI=1S/C28H32N2O3/c1-2-16-29(19-20-8-9-20)25(31)17-28(18-26(32)30(27(28)33)24-14-15-24)23-12-10-22(11-13-23)21-6-4-3-5-7-21/h3-7,10-13,20,24H,2,8-9,14-19H2,1H3/t28-/m1/s1. The smallest absolute Gasteiger partial charge is 0.241 e. The molecule has 172 valence electrons. The van der Waals surface area contributed by atoms with Gasteiger partial charge in [-0.1, -0.05) is 61.5 Å². The number of imide groups is 1. The number of nitrogens with zero attached hydrogens (tertiary/aromatic N) is 2. The van der Waals surface area contributed by atoms with Crippen molar-refractivity contribution in [3.63, 3.8) is 0 Å². The van der Waals surface area contributed by atoms with E-state index in [2.05, 4.69) is 6.92 Å². The van der Waals surface area contributed by atoms with Crippen molar-refractivity contribution >= 4 is 17.7 Å². The highest BCUT2D eigenvalue weighted by atomic mass is 16.2. The molecule has 2 aromatic carbocycles. The second kappa shape index (κ2) is 8.77. The maximum Gasteiger partial charge on any atom is 0.241 e. The van der Waals surface area contributed by atoms with Crippen LogP contribution in [0.3, 0.4) is 0 Å². The molecule has 0 bridgehead atoms. The molecule has 5 rings (SSSR count). The number of amides is 3. The average molecular weight is 445 g/mol. The highest BCUT2D eigenvalue weighted by Crippen LogP contribution is 2.45. The van der Waals surface area contributed by atoms with Gasteiger partial charge in [-0.15, -0.1) is 0 Å². The molecular formula is C28H32N2O3. The van der Waals surface area contributed by atoms with E-state index in [9.17, 15) is 14.4 Å². The van der Waals surface area contributed by atoms with Crippen LogP contribution in [0.25, 0.3) is 11.1 Å². The monoisotopic (exact) mass is 444 g/mol. The van der Waals surface area contributed by atoms with Crippen LogP contribution in [0.2, 0.25) is 0 Å². The molecule has 5 nitrogen and oxygen atoms in total. The Balaban J connectivity index is 1.47. The Labute approximate surface area is 195 Å². The third-order valence-electron chi connectivity index (χ3n) is 7.28. The van der Waals surface area contributed by atoms with E-state index in [1.54, 1.807) is 0 Å². The summed E-state index contributed by atoms with van der Waals surface area (Å²) in [6.07, 6.45) is 5.13. The molecule has 5 heteroatoms. The predicted molar refractivity (Wildman–Crippen MR) is 127 cm³/mol. The minimum absolute atomic E-state index is 0.00492. The number of hydrogen-bond donors (Lipinski definition) is 0. The highest BCUT2D eigenvalue weighted by molar-refractivity contribution is 6.11. The van der Waals surface area contributed by atoms with E-state index >= 15 is 0 Å². The van der Waals surface area contributed by atoms with Crippen LogP contribution < -0.4 is 0 Å². The molecule has 0 unspecified atom stereocenters. The summed E-state index contributed by atoms with van der Waals surface area (Å²) < 4.78 is 0. The summed E-state index contributed by atoms with van der Waals surface area (Å²) >= 11 is 0. The summed E-state index contributed by atoms with van der Waals surface area (Å²) in [5.41, 5.74) is 1.83. The minimum Gasteiger partial charge on any atom is -0.342 e. The molecule has 0 radical (unpaired) electrons. The second-order valence-corrected chi connectivity index (χ2v) is 9.96. The van der Waals surface area contributed by atoms with Crippen LogP contribution in [0.5, 0.6) is 0 Å². The lowest BCUT2D eigenvalue weighted by Gasteiger charge is -2.31. The van der Waals surface area contributed by atoms with Gasteiger partial charge in [0.15, 0.2) is 0 Å². The van der Waals surface area contributed by atoms with Gasteiger partial charge in [0.25, 0.3) is 0 Å². The molecule has 2 saturated carbocycles. The molecule has 1 saturated heterocycles. The fraction of sp³-hybridized carbons (Fsp3) is 0.464. The number of carbonyl (C=O) groups is 3. The molecule has 3 aliphatic rings. The Morgan fingerprint density at radius 1 is 0.970 bits per heavy atom. The first-order chi connectivity index (χ1) is 16.0. The fourth-order valence-corrected chi connectivity index (χ4v) is 5.11. The van der Waals surface area contributed by atoms with Crippen molar-refractivity contribution in [2.24, 2.45) is 5.92 Å². The molecule has 2 aromatic rings. The zero-order chi connectivity index (χ0) is 23.0. The van der Waals surface area contributed by atoms with Gasteiger partial charge >= 0.3 is 0 Å². The summed E-state index contributed by atoms with van der Waals surface area (Å²) in [4.78, 5) is 43.6. The molecule has 33 heavy (non-hydrogen) atoms. The van der Waals surface area contributed by atoms with Gasteiger partial charge < -0.3 is 4.90 Å². The SMILES string of the molecule is CCCN(CC1CC1)C(=O)C[C@]1(c2ccc(-c3ccccc3)cc2)CC(=O)N(C2CC2)C1=O. The normalized spacial score (nSPS) is 22.6. The van der Waals surface area contributed by atoms with Gasteiger partial charge in [0.1, 0.15) is 0 Å². The Kier molecular flexibility index (Phi) is 5.81. The Morgan fingerprint density at radius 2 is 1.64 bits per heavy atom. The summed E-state index contributed by atoms with van der Waals surface area (Å²) in [5.74, 6) is 0.269. The van der Waals surface area contributed by atoms with Crippen LogP contribution in [0.15, 0.2) is 54.6 Å². The number of rotatable bonds is 9. The predicted octanol–water partition coefficient (Wildman–Crippen LogP) is 4.55. The lowest BCUT2D eigenvalue weighted by Crippen LogP contribution is -2.44. The molecule has 0 N–H and O–H groups in total. The third-order valence-corrected chi connectivity index (χ3v) is 7.28. The first-order valence-corrected chi connectivity index (χ1v) is 12.3. The average Bonchev–Trinajstić information content (AvgIpc) is 3.75. The topological polar surface area (TPSA) is 57.7 Å². The molecule has 3 fully saturated rings. The van der Waals surface area contributed by atoms with Crippen molar-refractivity contribution < 1.29 is 14.4 Å². The quantitative estimate of drug-likeness (QED) is 0.533. The van der Waals surface area contributed by atoms with Crippen molar-refractivity contribution in [3.8, 4) is 11.1 Å². The van der Waals surface area contributed by atoms with E-state index in [4.69, 9.17) is 0 Å². The molecule has 1 heterocycles.